The standard InChI is InChI=1S/C13H24N4O/c1-5-17(6-2)13(18)7-8-14-9-12-10-15-16(4)11(12)3/h10,14H,5-9H2,1-4H3. The van der Waals surface area contributed by atoms with Crippen molar-refractivity contribution < 1.29 is 4.79 Å². The molecule has 0 aromatic carbocycles. The highest BCUT2D eigenvalue weighted by molar-refractivity contribution is 5.76. The van der Waals surface area contributed by atoms with E-state index in [1.54, 1.807) is 0 Å². The quantitative estimate of drug-likeness (QED) is 0.739. The summed E-state index contributed by atoms with van der Waals surface area (Å²) in [4.78, 5) is 13.6. The molecule has 0 radical (unpaired) electrons. The van der Waals surface area contributed by atoms with Crippen molar-refractivity contribution in [3.05, 3.63) is 17.5 Å². The number of nitrogens with zero attached hydrogens (tertiary/aromatic N) is 3. The fourth-order valence-electron chi connectivity index (χ4n) is 1.87. The second-order valence-corrected chi connectivity index (χ2v) is 4.37. The van der Waals surface area contributed by atoms with Gasteiger partial charge in [-0.3, -0.25) is 9.48 Å². The van der Waals surface area contributed by atoms with Gasteiger partial charge in [-0.2, -0.15) is 5.10 Å². The van der Waals surface area contributed by atoms with Gasteiger partial charge in [0.15, 0.2) is 0 Å². The molecule has 0 saturated carbocycles. The van der Waals surface area contributed by atoms with E-state index < -0.39 is 0 Å². The van der Waals surface area contributed by atoms with Crippen LogP contribution < -0.4 is 5.32 Å². The molecular formula is C13H24N4O. The molecular weight excluding hydrogens is 228 g/mol. The zero-order valence-electron chi connectivity index (χ0n) is 11.9. The molecule has 1 aromatic heterocycles. The van der Waals surface area contributed by atoms with E-state index in [1.807, 2.05) is 43.6 Å². The van der Waals surface area contributed by atoms with Gasteiger partial charge in [0.1, 0.15) is 0 Å². The van der Waals surface area contributed by atoms with E-state index in [0.29, 0.717) is 13.0 Å². The molecule has 1 aromatic rings. The molecule has 0 atom stereocenters. The van der Waals surface area contributed by atoms with E-state index in [-0.39, 0.29) is 5.91 Å². The molecule has 1 rings (SSSR count). The summed E-state index contributed by atoms with van der Waals surface area (Å²) in [5.41, 5.74) is 2.35. The Bertz CT molecular complexity index is 382. The zero-order valence-corrected chi connectivity index (χ0v) is 11.9. The SMILES string of the molecule is CCN(CC)C(=O)CCNCc1cnn(C)c1C. The number of carbonyl (C=O) groups excluding carboxylic acids is 1. The Morgan fingerprint density at radius 1 is 1.44 bits per heavy atom. The van der Waals surface area contributed by atoms with Crippen molar-refractivity contribution in [3.8, 4) is 0 Å². The first kappa shape index (κ1) is 14.7. The van der Waals surface area contributed by atoms with E-state index in [2.05, 4.69) is 10.4 Å². The van der Waals surface area contributed by atoms with Crippen LogP contribution in [0, 0.1) is 6.92 Å². The number of hydrogen-bond acceptors (Lipinski definition) is 3. The molecule has 1 heterocycles. The van der Waals surface area contributed by atoms with Crippen molar-refractivity contribution in [2.24, 2.45) is 7.05 Å². The van der Waals surface area contributed by atoms with Crippen LogP contribution in [-0.4, -0.2) is 40.2 Å². The van der Waals surface area contributed by atoms with E-state index in [4.69, 9.17) is 0 Å². The molecule has 0 aliphatic rings. The monoisotopic (exact) mass is 252 g/mol. The Hall–Kier alpha value is -1.36. The molecule has 0 spiro atoms. The molecule has 1 N–H and O–H groups in total. The van der Waals surface area contributed by atoms with E-state index in [1.165, 1.54) is 5.56 Å². The number of amides is 1. The van der Waals surface area contributed by atoms with Crippen molar-refractivity contribution in [2.45, 2.75) is 33.7 Å². The number of rotatable bonds is 7. The van der Waals surface area contributed by atoms with Gasteiger partial charge in [0.05, 0.1) is 6.20 Å². The Labute approximate surface area is 109 Å². The summed E-state index contributed by atoms with van der Waals surface area (Å²) in [6.07, 6.45) is 2.43. The van der Waals surface area contributed by atoms with Crippen LogP contribution in [-0.2, 0) is 18.4 Å². The Morgan fingerprint density at radius 3 is 2.61 bits per heavy atom. The lowest BCUT2D eigenvalue weighted by molar-refractivity contribution is -0.130. The second kappa shape index (κ2) is 7.16. The summed E-state index contributed by atoms with van der Waals surface area (Å²) in [5.74, 6) is 0.218. The molecule has 18 heavy (non-hydrogen) atoms. The Balaban J connectivity index is 2.27. The maximum atomic E-state index is 11.8. The third kappa shape index (κ3) is 3.84. The van der Waals surface area contributed by atoms with Gasteiger partial charge in [0, 0.05) is 50.9 Å². The van der Waals surface area contributed by atoms with Crippen LogP contribution in [0.2, 0.25) is 0 Å². The number of nitrogens with one attached hydrogen (secondary N) is 1. The van der Waals surface area contributed by atoms with Crippen LogP contribution >= 0.6 is 0 Å². The van der Waals surface area contributed by atoms with Crippen LogP contribution in [0.4, 0.5) is 0 Å². The molecule has 0 saturated heterocycles. The predicted molar refractivity (Wildman–Crippen MR) is 72.2 cm³/mol. The predicted octanol–water partition coefficient (Wildman–Crippen LogP) is 1.08. The van der Waals surface area contributed by atoms with Crippen molar-refractivity contribution in [3.63, 3.8) is 0 Å². The summed E-state index contributed by atoms with van der Waals surface area (Å²) < 4.78 is 1.86. The molecule has 0 aliphatic heterocycles. The van der Waals surface area contributed by atoms with Crippen LogP contribution in [0.3, 0.4) is 0 Å². The molecule has 5 nitrogen and oxygen atoms in total. The number of hydrogen-bond donors (Lipinski definition) is 1. The smallest absolute Gasteiger partial charge is 0.223 e. The first-order chi connectivity index (χ1) is 8.60. The third-order valence-corrected chi connectivity index (χ3v) is 3.28. The first-order valence-corrected chi connectivity index (χ1v) is 6.56. The van der Waals surface area contributed by atoms with Gasteiger partial charge in [0.25, 0.3) is 0 Å². The van der Waals surface area contributed by atoms with E-state index in [9.17, 15) is 4.79 Å². The normalized spacial score (nSPS) is 10.7. The van der Waals surface area contributed by atoms with E-state index >= 15 is 0 Å². The fourth-order valence-corrected chi connectivity index (χ4v) is 1.87. The van der Waals surface area contributed by atoms with Crippen LogP contribution in [0.25, 0.3) is 0 Å². The minimum atomic E-state index is 0.218. The van der Waals surface area contributed by atoms with Gasteiger partial charge >= 0.3 is 0 Å². The molecule has 0 aliphatic carbocycles. The van der Waals surface area contributed by atoms with Crippen molar-refractivity contribution in [1.82, 2.24) is 20.0 Å². The molecule has 1 amide bonds. The maximum absolute atomic E-state index is 11.8. The van der Waals surface area contributed by atoms with Crippen LogP contribution in [0.5, 0.6) is 0 Å². The highest BCUT2D eigenvalue weighted by Gasteiger charge is 2.08. The summed E-state index contributed by atoms with van der Waals surface area (Å²) in [6.45, 7) is 9.12. The molecule has 5 heteroatoms. The zero-order chi connectivity index (χ0) is 13.5. The molecule has 102 valence electrons. The lowest BCUT2D eigenvalue weighted by Gasteiger charge is -2.18. The number of aromatic nitrogens is 2. The average Bonchev–Trinajstić information content (AvgIpc) is 2.67. The first-order valence-electron chi connectivity index (χ1n) is 6.56. The van der Waals surface area contributed by atoms with Gasteiger partial charge in [-0.25, -0.2) is 0 Å². The fraction of sp³-hybridized carbons (Fsp3) is 0.692. The topological polar surface area (TPSA) is 50.2 Å². The second-order valence-electron chi connectivity index (χ2n) is 4.37. The van der Waals surface area contributed by atoms with Crippen LogP contribution in [0.1, 0.15) is 31.5 Å². The number of aryl methyl sites for hydroxylation is 1. The van der Waals surface area contributed by atoms with Crippen LogP contribution in [0.15, 0.2) is 6.20 Å². The number of carbonyl (C=O) groups is 1. The summed E-state index contributed by atoms with van der Waals surface area (Å²) in [6, 6.07) is 0. The highest BCUT2D eigenvalue weighted by atomic mass is 16.2. The van der Waals surface area contributed by atoms with E-state index in [0.717, 1.165) is 25.3 Å². The molecule has 0 bridgehead atoms. The van der Waals surface area contributed by atoms with Gasteiger partial charge in [-0.05, 0) is 20.8 Å². The maximum Gasteiger partial charge on any atom is 0.223 e. The van der Waals surface area contributed by atoms with Crippen molar-refractivity contribution >= 4 is 5.91 Å². The Kier molecular flexibility index (Phi) is 5.85. The van der Waals surface area contributed by atoms with Crippen molar-refractivity contribution in [2.75, 3.05) is 19.6 Å². The summed E-state index contributed by atoms with van der Waals surface area (Å²) >= 11 is 0. The van der Waals surface area contributed by atoms with Crippen molar-refractivity contribution in [1.29, 1.82) is 0 Å². The lowest BCUT2D eigenvalue weighted by atomic mass is 10.2. The highest BCUT2D eigenvalue weighted by Crippen LogP contribution is 2.04. The lowest BCUT2D eigenvalue weighted by Crippen LogP contribution is -2.32. The Morgan fingerprint density at radius 2 is 2.11 bits per heavy atom. The van der Waals surface area contributed by atoms with Gasteiger partial charge < -0.3 is 10.2 Å². The third-order valence-electron chi connectivity index (χ3n) is 3.28. The van der Waals surface area contributed by atoms with Gasteiger partial charge in [0.2, 0.25) is 5.91 Å². The minimum Gasteiger partial charge on any atom is -0.343 e. The summed E-state index contributed by atoms with van der Waals surface area (Å²) in [5, 5.41) is 7.48. The van der Waals surface area contributed by atoms with Gasteiger partial charge in [-0.1, -0.05) is 0 Å². The van der Waals surface area contributed by atoms with Gasteiger partial charge in [-0.15, -0.1) is 0 Å². The molecule has 0 unspecified atom stereocenters. The largest absolute Gasteiger partial charge is 0.343 e. The molecule has 0 fully saturated rings. The minimum absolute atomic E-state index is 0.218. The summed E-state index contributed by atoms with van der Waals surface area (Å²) in [7, 11) is 1.93. The average molecular weight is 252 g/mol.